The van der Waals surface area contributed by atoms with E-state index in [2.05, 4.69) is 4.98 Å². The van der Waals surface area contributed by atoms with Crippen molar-refractivity contribution in [2.45, 2.75) is 24.5 Å². The number of rotatable bonds is 3. The number of nitrogens with two attached hydrogens (primary N) is 1. The number of aliphatic hydroxyl groups is 2. The highest BCUT2D eigenvalue weighted by Gasteiger charge is 2.44. The van der Waals surface area contributed by atoms with Crippen LogP contribution in [0, 0.1) is 0 Å². The lowest BCUT2D eigenvalue weighted by Crippen LogP contribution is -2.36. The van der Waals surface area contributed by atoms with Crippen LogP contribution in [0.15, 0.2) is 17.1 Å². The Balaban J connectivity index is 2.26. The molecule has 18 heavy (non-hydrogen) atoms. The highest BCUT2D eigenvalue weighted by molar-refractivity contribution is 5.23. The van der Waals surface area contributed by atoms with Gasteiger partial charge in [-0.15, -0.1) is 0 Å². The van der Waals surface area contributed by atoms with Crippen LogP contribution in [-0.4, -0.2) is 51.8 Å². The standard InChI is InChI=1S/C10H15N3O5/c1-17-4-5-7(14)8(15)9(18-5)13-3-2-6(11)12-10(13)16/h2-3,5,7-9,14-15H,4H2,1H3,(H2,11,12,16)/t5-,7?,8-,9-/m1/s1. The first-order valence-corrected chi connectivity index (χ1v) is 5.39. The topological polar surface area (TPSA) is 120 Å². The summed E-state index contributed by atoms with van der Waals surface area (Å²) in [5.41, 5.74) is 4.72. The molecule has 0 spiro atoms. The second-order valence-corrected chi connectivity index (χ2v) is 4.04. The van der Waals surface area contributed by atoms with E-state index in [1.54, 1.807) is 0 Å². The smallest absolute Gasteiger partial charge is 0.351 e. The molecule has 0 bridgehead atoms. The molecule has 2 heterocycles. The van der Waals surface area contributed by atoms with Gasteiger partial charge in [0.25, 0.3) is 0 Å². The molecule has 0 aromatic carbocycles. The third-order valence-corrected chi connectivity index (χ3v) is 2.79. The van der Waals surface area contributed by atoms with Gasteiger partial charge in [0.1, 0.15) is 24.1 Å². The van der Waals surface area contributed by atoms with E-state index in [0.717, 1.165) is 4.57 Å². The zero-order chi connectivity index (χ0) is 13.3. The normalized spacial score (nSPS) is 31.7. The molecule has 1 aromatic heterocycles. The first-order valence-electron chi connectivity index (χ1n) is 5.39. The van der Waals surface area contributed by atoms with Gasteiger partial charge in [-0.25, -0.2) is 4.79 Å². The van der Waals surface area contributed by atoms with Crippen molar-refractivity contribution in [2.75, 3.05) is 19.5 Å². The summed E-state index contributed by atoms with van der Waals surface area (Å²) < 4.78 is 11.3. The fourth-order valence-electron chi connectivity index (χ4n) is 1.88. The van der Waals surface area contributed by atoms with Gasteiger partial charge in [-0.05, 0) is 6.07 Å². The number of hydrogen-bond acceptors (Lipinski definition) is 7. The van der Waals surface area contributed by atoms with Crippen LogP contribution in [0.1, 0.15) is 6.23 Å². The van der Waals surface area contributed by atoms with Gasteiger partial charge in [-0.1, -0.05) is 0 Å². The molecule has 1 saturated heterocycles. The minimum Gasteiger partial charge on any atom is -0.387 e. The maximum absolute atomic E-state index is 11.6. The molecule has 8 nitrogen and oxygen atoms in total. The molecule has 4 N–H and O–H groups in total. The van der Waals surface area contributed by atoms with Crippen LogP contribution in [0.4, 0.5) is 5.82 Å². The van der Waals surface area contributed by atoms with Crippen LogP contribution in [0.3, 0.4) is 0 Å². The average Bonchev–Trinajstić information content (AvgIpc) is 2.58. The van der Waals surface area contributed by atoms with Gasteiger partial charge >= 0.3 is 5.69 Å². The second-order valence-electron chi connectivity index (χ2n) is 4.04. The molecule has 100 valence electrons. The van der Waals surface area contributed by atoms with Gasteiger partial charge < -0.3 is 25.4 Å². The Morgan fingerprint density at radius 2 is 2.28 bits per heavy atom. The van der Waals surface area contributed by atoms with Gasteiger partial charge in [-0.2, -0.15) is 4.98 Å². The first kappa shape index (κ1) is 13.0. The molecule has 1 unspecified atom stereocenters. The predicted molar refractivity (Wildman–Crippen MR) is 60.7 cm³/mol. The Bertz CT molecular complexity index is 477. The van der Waals surface area contributed by atoms with Crippen LogP contribution in [-0.2, 0) is 9.47 Å². The molecule has 1 aliphatic heterocycles. The largest absolute Gasteiger partial charge is 0.387 e. The van der Waals surface area contributed by atoms with Gasteiger partial charge in [0.2, 0.25) is 0 Å². The zero-order valence-electron chi connectivity index (χ0n) is 9.76. The summed E-state index contributed by atoms with van der Waals surface area (Å²) >= 11 is 0. The maximum Gasteiger partial charge on any atom is 0.351 e. The number of aromatic nitrogens is 2. The van der Waals surface area contributed by atoms with Crippen molar-refractivity contribution in [1.82, 2.24) is 9.55 Å². The van der Waals surface area contributed by atoms with E-state index >= 15 is 0 Å². The Hall–Kier alpha value is -1.48. The molecule has 2 rings (SSSR count). The minimum atomic E-state index is -1.23. The fourth-order valence-corrected chi connectivity index (χ4v) is 1.88. The summed E-state index contributed by atoms with van der Waals surface area (Å²) in [4.78, 5) is 15.1. The highest BCUT2D eigenvalue weighted by Crippen LogP contribution is 2.28. The quantitative estimate of drug-likeness (QED) is 0.578. The van der Waals surface area contributed by atoms with E-state index in [1.165, 1.54) is 19.4 Å². The number of anilines is 1. The number of aliphatic hydroxyl groups excluding tert-OH is 2. The van der Waals surface area contributed by atoms with E-state index in [-0.39, 0.29) is 12.4 Å². The maximum atomic E-state index is 11.6. The Morgan fingerprint density at radius 3 is 2.89 bits per heavy atom. The molecule has 0 radical (unpaired) electrons. The third kappa shape index (κ3) is 2.23. The second kappa shape index (κ2) is 5.02. The van der Waals surface area contributed by atoms with Crippen molar-refractivity contribution < 1.29 is 19.7 Å². The zero-order valence-corrected chi connectivity index (χ0v) is 9.76. The third-order valence-electron chi connectivity index (χ3n) is 2.79. The Kier molecular flexibility index (Phi) is 3.62. The lowest BCUT2D eigenvalue weighted by molar-refractivity contribution is -0.0613. The van der Waals surface area contributed by atoms with Crippen LogP contribution < -0.4 is 11.4 Å². The number of nitrogen functional groups attached to an aromatic ring is 1. The summed E-state index contributed by atoms with van der Waals surface area (Å²) in [6, 6.07) is 1.41. The molecule has 1 aliphatic rings. The van der Waals surface area contributed by atoms with Crippen molar-refractivity contribution in [3.63, 3.8) is 0 Å². The van der Waals surface area contributed by atoms with Gasteiger partial charge in [-0.3, -0.25) is 4.57 Å². The monoisotopic (exact) mass is 257 g/mol. The molecular formula is C10H15N3O5. The summed E-state index contributed by atoms with van der Waals surface area (Å²) in [7, 11) is 1.45. The molecule has 1 aromatic rings. The summed E-state index contributed by atoms with van der Waals surface area (Å²) in [6.45, 7) is 0.117. The first-order chi connectivity index (χ1) is 8.54. The van der Waals surface area contributed by atoms with E-state index in [0.29, 0.717) is 0 Å². The van der Waals surface area contributed by atoms with Gasteiger partial charge in [0.15, 0.2) is 6.23 Å². The summed E-state index contributed by atoms with van der Waals surface area (Å²) in [5, 5.41) is 19.6. The van der Waals surface area contributed by atoms with Crippen molar-refractivity contribution >= 4 is 5.82 Å². The van der Waals surface area contributed by atoms with Crippen LogP contribution >= 0.6 is 0 Å². The van der Waals surface area contributed by atoms with Gasteiger partial charge in [0, 0.05) is 13.3 Å². The number of ether oxygens (including phenoxy) is 2. The molecule has 0 amide bonds. The Labute approximate surface area is 103 Å². The SMILES string of the molecule is COC[C@H]1O[C@@H](n2ccc(N)nc2=O)[C@H](O)C1O. The minimum absolute atomic E-state index is 0.0812. The number of methoxy groups -OCH3 is 1. The molecule has 4 atom stereocenters. The van der Waals surface area contributed by atoms with E-state index in [1.807, 2.05) is 0 Å². The van der Waals surface area contributed by atoms with E-state index < -0.39 is 30.2 Å². The molecule has 1 fully saturated rings. The van der Waals surface area contributed by atoms with Crippen molar-refractivity contribution in [3.8, 4) is 0 Å². The van der Waals surface area contributed by atoms with E-state index in [9.17, 15) is 15.0 Å². The summed E-state index contributed by atoms with van der Waals surface area (Å²) in [6.07, 6.45) is -2.69. The summed E-state index contributed by atoms with van der Waals surface area (Å²) in [5.74, 6) is 0.0812. The van der Waals surface area contributed by atoms with Crippen LogP contribution in [0.25, 0.3) is 0 Å². The predicted octanol–water partition coefficient (Wildman–Crippen LogP) is -1.91. The molecular weight excluding hydrogens is 242 g/mol. The van der Waals surface area contributed by atoms with E-state index in [4.69, 9.17) is 15.2 Å². The molecule has 0 aliphatic carbocycles. The van der Waals surface area contributed by atoms with Crippen LogP contribution in [0.5, 0.6) is 0 Å². The number of hydrogen-bond donors (Lipinski definition) is 3. The van der Waals surface area contributed by atoms with Crippen LogP contribution in [0.2, 0.25) is 0 Å². The Morgan fingerprint density at radius 1 is 1.56 bits per heavy atom. The number of nitrogens with zero attached hydrogens (tertiary/aromatic N) is 2. The lowest BCUT2D eigenvalue weighted by Gasteiger charge is -2.16. The fraction of sp³-hybridized carbons (Fsp3) is 0.600. The average molecular weight is 257 g/mol. The molecule has 8 heteroatoms. The van der Waals surface area contributed by atoms with Crippen molar-refractivity contribution in [3.05, 3.63) is 22.7 Å². The highest BCUT2D eigenvalue weighted by atomic mass is 16.6. The lowest BCUT2D eigenvalue weighted by atomic mass is 10.1. The van der Waals surface area contributed by atoms with Crippen molar-refractivity contribution in [1.29, 1.82) is 0 Å². The molecule has 0 saturated carbocycles. The van der Waals surface area contributed by atoms with Crippen molar-refractivity contribution in [2.24, 2.45) is 0 Å². The van der Waals surface area contributed by atoms with Gasteiger partial charge in [0.05, 0.1) is 6.61 Å².